The maximum Gasteiger partial charge on any atom is 0.410 e. The van der Waals surface area contributed by atoms with E-state index in [-0.39, 0.29) is 18.2 Å². The van der Waals surface area contributed by atoms with Gasteiger partial charge in [-0.15, -0.1) is 0 Å². The molecule has 2 rings (SSSR count). The van der Waals surface area contributed by atoms with E-state index in [9.17, 15) is 4.79 Å². The molecule has 0 aromatic carbocycles. The molecule has 134 valence electrons. The van der Waals surface area contributed by atoms with Crippen molar-refractivity contribution in [3.63, 3.8) is 0 Å². The largest absolute Gasteiger partial charge is 0.491 e. The Balaban J connectivity index is 2.08. The Labute approximate surface area is 144 Å². The fourth-order valence-electron chi connectivity index (χ4n) is 2.75. The summed E-state index contributed by atoms with van der Waals surface area (Å²) in [7, 11) is 1.60. The predicted octanol–water partition coefficient (Wildman–Crippen LogP) is 3.57. The van der Waals surface area contributed by atoms with Gasteiger partial charge in [-0.25, -0.2) is 9.78 Å². The van der Waals surface area contributed by atoms with Gasteiger partial charge in [-0.1, -0.05) is 0 Å². The molecule has 6 heteroatoms. The second kappa shape index (κ2) is 7.28. The van der Waals surface area contributed by atoms with E-state index < -0.39 is 5.60 Å². The zero-order valence-electron chi connectivity index (χ0n) is 15.5. The Kier molecular flexibility index (Phi) is 5.57. The molecule has 1 aromatic heterocycles. The molecule has 1 aromatic rings. The molecule has 0 aliphatic carbocycles. The normalized spacial score (nSPS) is 21.3. The van der Waals surface area contributed by atoms with Crippen molar-refractivity contribution in [2.24, 2.45) is 0 Å². The maximum absolute atomic E-state index is 12.4. The van der Waals surface area contributed by atoms with Crippen LogP contribution in [0, 0.1) is 6.92 Å². The van der Waals surface area contributed by atoms with Crippen LogP contribution in [0.2, 0.25) is 0 Å². The summed E-state index contributed by atoms with van der Waals surface area (Å²) >= 11 is 0. The minimum atomic E-state index is -0.508. The second-order valence-corrected chi connectivity index (χ2v) is 7.27. The van der Waals surface area contributed by atoms with Crippen molar-refractivity contribution in [2.75, 3.05) is 13.7 Å². The van der Waals surface area contributed by atoms with Gasteiger partial charge < -0.3 is 19.1 Å². The summed E-state index contributed by atoms with van der Waals surface area (Å²) in [6.07, 6.45) is 2.99. The van der Waals surface area contributed by atoms with Gasteiger partial charge in [0, 0.05) is 12.2 Å². The number of amides is 1. The smallest absolute Gasteiger partial charge is 0.410 e. The zero-order valence-corrected chi connectivity index (χ0v) is 15.5. The Bertz CT molecular complexity index is 583. The van der Waals surface area contributed by atoms with Gasteiger partial charge in [-0.05, 0) is 59.1 Å². The van der Waals surface area contributed by atoms with E-state index >= 15 is 0 Å². The lowest BCUT2D eigenvalue weighted by molar-refractivity contribution is -0.00630. The zero-order chi connectivity index (χ0) is 17.9. The van der Waals surface area contributed by atoms with Crippen LogP contribution < -0.4 is 9.47 Å². The number of pyridine rings is 1. The van der Waals surface area contributed by atoms with Crippen molar-refractivity contribution in [2.45, 2.75) is 65.2 Å². The van der Waals surface area contributed by atoms with Crippen LogP contribution in [0.25, 0.3) is 0 Å². The first-order chi connectivity index (χ1) is 11.2. The predicted molar refractivity (Wildman–Crippen MR) is 91.6 cm³/mol. The molecule has 0 spiro atoms. The fourth-order valence-corrected chi connectivity index (χ4v) is 2.75. The number of carbonyl (C=O) groups excluding carboxylic acids is 1. The maximum atomic E-state index is 12.4. The van der Waals surface area contributed by atoms with Crippen LogP contribution in [0.15, 0.2) is 12.3 Å². The summed E-state index contributed by atoms with van der Waals surface area (Å²) in [6.45, 7) is 10.1. The van der Waals surface area contributed by atoms with E-state index in [1.807, 2.05) is 40.7 Å². The van der Waals surface area contributed by atoms with Crippen LogP contribution in [0.4, 0.5) is 4.79 Å². The molecule has 1 aliphatic heterocycles. The molecule has 0 N–H and O–H groups in total. The number of ether oxygens (including phenoxy) is 3. The van der Waals surface area contributed by atoms with E-state index in [1.165, 1.54) is 0 Å². The lowest BCUT2D eigenvalue weighted by atomic mass is 10.0. The molecular weight excluding hydrogens is 308 g/mol. The van der Waals surface area contributed by atoms with Crippen molar-refractivity contribution in [1.29, 1.82) is 0 Å². The number of likely N-dealkylation sites (tertiary alicyclic amines) is 1. The first-order valence-corrected chi connectivity index (χ1v) is 8.37. The Hall–Kier alpha value is -1.98. The van der Waals surface area contributed by atoms with Gasteiger partial charge in [0.2, 0.25) is 0 Å². The minimum Gasteiger partial charge on any atom is -0.491 e. The monoisotopic (exact) mass is 336 g/mol. The average molecular weight is 336 g/mol. The van der Waals surface area contributed by atoms with E-state index in [0.29, 0.717) is 18.2 Å². The number of hydrogen-bond acceptors (Lipinski definition) is 5. The number of carbonyl (C=O) groups is 1. The summed E-state index contributed by atoms with van der Waals surface area (Å²) in [5.41, 5.74) is 0.460. The quantitative estimate of drug-likeness (QED) is 0.844. The molecule has 0 saturated carbocycles. The highest BCUT2D eigenvalue weighted by molar-refractivity contribution is 5.68. The third-order valence-corrected chi connectivity index (χ3v) is 4.02. The third kappa shape index (κ3) is 4.52. The van der Waals surface area contributed by atoms with Crippen LogP contribution in [-0.4, -0.2) is 47.4 Å². The van der Waals surface area contributed by atoms with Gasteiger partial charge in [0.25, 0.3) is 5.88 Å². The molecule has 0 radical (unpaired) electrons. The number of aryl methyl sites for hydroxylation is 1. The molecule has 0 bridgehead atoms. The summed E-state index contributed by atoms with van der Waals surface area (Å²) in [6, 6.07) is 2.01. The van der Waals surface area contributed by atoms with Gasteiger partial charge in [-0.2, -0.15) is 0 Å². The Morgan fingerprint density at radius 2 is 2.04 bits per heavy atom. The highest BCUT2D eigenvalue weighted by atomic mass is 16.6. The second-order valence-electron chi connectivity index (χ2n) is 7.27. The SMILES string of the molecule is COc1c(C)ccnc1O[C@@H]1CC[C@@H](C)N(C(=O)OC(C)(C)C)C1. The first-order valence-electron chi connectivity index (χ1n) is 8.37. The van der Waals surface area contributed by atoms with E-state index in [2.05, 4.69) is 4.98 Å². The summed E-state index contributed by atoms with van der Waals surface area (Å²) in [5, 5.41) is 0. The fraction of sp³-hybridized carbons (Fsp3) is 0.667. The lowest BCUT2D eigenvalue weighted by Crippen LogP contribution is -2.50. The Morgan fingerprint density at radius 3 is 2.67 bits per heavy atom. The minimum absolute atomic E-state index is 0.128. The molecule has 1 fully saturated rings. The van der Waals surface area contributed by atoms with Crippen molar-refractivity contribution < 1.29 is 19.0 Å². The Morgan fingerprint density at radius 1 is 1.33 bits per heavy atom. The average Bonchev–Trinajstić information content (AvgIpc) is 2.47. The highest BCUT2D eigenvalue weighted by Gasteiger charge is 2.33. The number of methoxy groups -OCH3 is 1. The van der Waals surface area contributed by atoms with Crippen LogP contribution >= 0.6 is 0 Å². The molecule has 1 aliphatic rings. The van der Waals surface area contributed by atoms with Gasteiger partial charge >= 0.3 is 6.09 Å². The van der Waals surface area contributed by atoms with Crippen molar-refractivity contribution in [1.82, 2.24) is 9.88 Å². The highest BCUT2D eigenvalue weighted by Crippen LogP contribution is 2.31. The van der Waals surface area contributed by atoms with Crippen molar-refractivity contribution >= 4 is 6.09 Å². The number of piperidine rings is 1. The molecule has 2 atom stereocenters. The summed E-state index contributed by atoms with van der Waals surface area (Å²) in [4.78, 5) is 18.4. The van der Waals surface area contributed by atoms with Gasteiger partial charge in [0.05, 0.1) is 13.7 Å². The summed E-state index contributed by atoms with van der Waals surface area (Å²) in [5.74, 6) is 1.11. The number of rotatable bonds is 3. The van der Waals surface area contributed by atoms with Gasteiger partial charge in [0.1, 0.15) is 11.7 Å². The van der Waals surface area contributed by atoms with Crippen molar-refractivity contribution in [3.05, 3.63) is 17.8 Å². The van der Waals surface area contributed by atoms with Crippen molar-refractivity contribution in [3.8, 4) is 11.6 Å². The number of aromatic nitrogens is 1. The van der Waals surface area contributed by atoms with Crippen LogP contribution in [0.3, 0.4) is 0 Å². The molecular formula is C18H28N2O4. The molecule has 2 heterocycles. The van der Waals surface area contributed by atoms with Crippen LogP contribution in [0.1, 0.15) is 46.1 Å². The molecule has 1 saturated heterocycles. The first kappa shape index (κ1) is 18.4. The number of nitrogens with zero attached hydrogens (tertiary/aromatic N) is 2. The molecule has 0 unspecified atom stereocenters. The topological polar surface area (TPSA) is 60.9 Å². The van der Waals surface area contributed by atoms with Crippen LogP contribution in [-0.2, 0) is 4.74 Å². The number of hydrogen-bond donors (Lipinski definition) is 0. The summed E-state index contributed by atoms with van der Waals surface area (Å²) < 4.78 is 16.9. The van der Waals surface area contributed by atoms with E-state index in [1.54, 1.807) is 18.2 Å². The lowest BCUT2D eigenvalue weighted by Gasteiger charge is -2.38. The molecule has 1 amide bonds. The molecule has 24 heavy (non-hydrogen) atoms. The molecule has 6 nitrogen and oxygen atoms in total. The standard InChI is InChI=1S/C18H28N2O4/c1-12-9-10-19-16(15(12)22-6)23-14-8-7-13(2)20(11-14)17(21)24-18(3,4)5/h9-10,13-14H,7-8,11H2,1-6H3/t13-,14-/m1/s1. The van der Waals surface area contributed by atoms with Gasteiger partial charge in [0.15, 0.2) is 5.75 Å². The van der Waals surface area contributed by atoms with Gasteiger partial charge in [-0.3, -0.25) is 0 Å². The van der Waals surface area contributed by atoms with E-state index in [4.69, 9.17) is 14.2 Å². The van der Waals surface area contributed by atoms with E-state index in [0.717, 1.165) is 18.4 Å². The van der Waals surface area contributed by atoms with Crippen LogP contribution in [0.5, 0.6) is 11.6 Å². The third-order valence-electron chi connectivity index (χ3n) is 4.02.